The maximum absolute atomic E-state index is 6.49. The summed E-state index contributed by atoms with van der Waals surface area (Å²) in [7, 11) is 2.17. The fourth-order valence-electron chi connectivity index (χ4n) is 4.73. The van der Waals surface area contributed by atoms with Gasteiger partial charge in [-0.05, 0) is 66.0 Å². The van der Waals surface area contributed by atoms with Gasteiger partial charge < -0.3 is 4.57 Å². The lowest BCUT2D eigenvalue weighted by Crippen LogP contribution is -2.02. The molecule has 1 fully saturated rings. The largest absolute Gasteiger partial charge is 0.350 e. The van der Waals surface area contributed by atoms with Crippen molar-refractivity contribution in [3.63, 3.8) is 0 Å². The van der Waals surface area contributed by atoms with Gasteiger partial charge in [-0.1, -0.05) is 29.8 Å². The van der Waals surface area contributed by atoms with Gasteiger partial charge in [0.25, 0.3) is 0 Å². The Balaban J connectivity index is 1.90. The van der Waals surface area contributed by atoms with Gasteiger partial charge in [-0.3, -0.25) is 0 Å². The maximum Gasteiger partial charge on any atom is 0.0522 e. The van der Waals surface area contributed by atoms with E-state index in [1.54, 1.807) is 11.1 Å². The van der Waals surface area contributed by atoms with E-state index in [9.17, 15) is 0 Å². The van der Waals surface area contributed by atoms with Gasteiger partial charge in [-0.2, -0.15) is 0 Å². The van der Waals surface area contributed by atoms with Crippen molar-refractivity contribution in [2.24, 2.45) is 7.05 Å². The minimum Gasteiger partial charge on any atom is -0.350 e. The van der Waals surface area contributed by atoms with Gasteiger partial charge in [0.1, 0.15) is 0 Å². The lowest BCUT2D eigenvalue weighted by molar-refractivity contribution is 0.718. The summed E-state index contributed by atoms with van der Waals surface area (Å²) >= 11 is 6.49. The second-order valence-electron chi connectivity index (χ2n) is 6.80. The van der Waals surface area contributed by atoms with Crippen LogP contribution < -0.4 is 0 Å². The summed E-state index contributed by atoms with van der Waals surface area (Å²) in [5, 5.41) is 2.19. The van der Waals surface area contributed by atoms with E-state index in [1.165, 1.54) is 35.7 Å². The smallest absolute Gasteiger partial charge is 0.0522 e. The molecule has 5 rings (SSSR count). The molecule has 3 aromatic rings. The maximum atomic E-state index is 6.49. The summed E-state index contributed by atoms with van der Waals surface area (Å²) in [4.78, 5) is 0. The van der Waals surface area contributed by atoms with Crippen molar-refractivity contribution < 1.29 is 0 Å². The predicted molar refractivity (Wildman–Crippen MR) is 92.7 cm³/mol. The first-order chi connectivity index (χ1) is 10.7. The summed E-state index contributed by atoms with van der Waals surface area (Å²) in [6.45, 7) is 0. The standard InChI is InChI=1S/C20H18ClN/c1-22-9-8-15-17(14-4-2-3-5-18(14)21)11-16-12-6-7-13(10-12)19(16)20(15)22/h2-5,8-9,11-13H,6-7,10H2,1H3. The zero-order valence-corrected chi connectivity index (χ0v) is 13.4. The van der Waals surface area contributed by atoms with Crippen molar-refractivity contribution in [1.29, 1.82) is 0 Å². The molecule has 0 saturated heterocycles. The van der Waals surface area contributed by atoms with Crippen LogP contribution >= 0.6 is 11.6 Å². The van der Waals surface area contributed by atoms with E-state index < -0.39 is 0 Å². The Hall–Kier alpha value is -1.73. The fraction of sp³-hybridized carbons (Fsp3) is 0.300. The zero-order chi connectivity index (χ0) is 14.8. The van der Waals surface area contributed by atoms with Gasteiger partial charge in [0, 0.05) is 29.2 Å². The molecule has 1 saturated carbocycles. The van der Waals surface area contributed by atoms with Crippen LogP contribution in [0.1, 0.15) is 42.2 Å². The molecule has 2 bridgehead atoms. The Labute approximate surface area is 135 Å². The summed E-state index contributed by atoms with van der Waals surface area (Å²) in [5.41, 5.74) is 7.09. The molecule has 0 aliphatic heterocycles. The van der Waals surface area contributed by atoms with E-state index in [1.807, 2.05) is 12.1 Å². The molecule has 2 aliphatic rings. The molecular weight excluding hydrogens is 290 g/mol. The molecule has 2 atom stereocenters. The van der Waals surface area contributed by atoms with Gasteiger partial charge in [-0.25, -0.2) is 0 Å². The van der Waals surface area contributed by atoms with Gasteiger partial charge in [0.2, 0.25) is 0 Å². The molecule has 2 unspecified atom stereocenters. The number of aryl methyl sites for hydroxylation is 1. The number of hydrogen-bond acceptors (Lipinski definition) is 0. The molecular formula is C20H18ClN. The third-order valence-corrected chi connectivity index (χ3v) is 6.00. The van der Waals surface area contributed by atoms with Crippen molar-refractivity contribution in [3.8, 4) is 11.1 Å². The minimum atomic E-state index is 0.764. The second-order valence-corrected chi connectivity index (χ2v) is 7.21. The third kappa shape index (κ3) is 1.55. The van der Waals surface area contributed by atoms with Crippen molar-refractivity contribution in [2.45, 2.75) is 31.1 Å². The molecule has 2 aliphatic carbocycles. The quantitative estimate of drug-likeness (QED) is 0.530. The highest BCUT2D eigenvalue weighted by Gasteiger charge is 2.39. The Morgan fingerprint density at radius 2 is 1.86 bits per heavy atom. The second kappa shape index (κ2) is 4.39. The SMILES string of the molecule is Cn1ccc2c(-c3ccccc3Cl)cc3c(c21)C1CCC3C1. The normalized spacial score (nSPS) is 22.5. The molecule has 2 heteroatoms. The van der Waals surface area contributed by atoms with E-state index in [0.29, 0.717) is 0 Å². The number of rotatable bonds is 1. The van der Waals surface area contributed by atoms with Gasteiger partial charge in [-0.15, -0.1) is 0 Å². The van der Waals surface area contributed by atoms with Gasteiger partial charge in [0.05, 0.1) is 5.52 Å². The average Bonchev–Trinajstić information content (AvgIpc) is 3.22. The molecule has 1 nitrogen and oxygen atoms in total. The van der Waals surface area contributed by atoms with Crippen LogP contribution in [0.4, 0.5) is 0 Å². The van der Waals surface area contributed by atoms with Gasteiger partial charge >= 0.3 is 0 Å². The summed E-state index contributed by atoms with van der Waals surface area (Å²) in [6, 6.07) is 12.9. The van der Waals surface area contributed by atoms with Crippen molar-refractivity contribution in [3.05, 3.63) is 58.7 Å². The molecule has 22 heavy (non-hydrogen) atoms. The molecule has 0 radical (unpaired) electrons. The number of benzene rings is 2. The van der Waals surface area contributed by atoms with Crippen LogP contribution in [0.5, 0.6) is 0 Å². The van der Waals surface area contributed by atoms with Crippen LogP contribution in [-0.2, 0) is 7.05 Å². The topological polar surface area (TPSA) is 4.93 Å². The van der Waals surface area contributed by atoms with E-state index in [4.69, 9.17) is 11.6 Å². The lowest BCUT2D eigenvalue weighted by Gasteiger charge is -2.20. The van der Waals surface area contributed by atoms with Crippen molar-refractivity contribution in [1.82, 2.24) is 4.57 Å². The Morgan fingerprint density at radius 1 is 1.05 bits per heavy atom. The van der Waals surface area contributed by atoms with Crippen LogP contribution in [-0.4, -0.2) is 4.57 Å². The van der Waals surface area contributed by atoms with Crippen LogP contribution in [0.2, 0.25) is 5.02 Å². The Kier molecular flexibility index (Phi) is 2.55. The average molecular weight is 308 g/mol. The first kappa shape index (κ1) is 12.8. The van der Waals surface area contributed by atoms with Crippen LogP contribution in [0.3, 0.4) is 0 Å². The predicted octanol–water partition coefficient (Wildman–Crippen LogP) is 5.86. The molecule has 1 heterocycles. The number of aromatic nitrogens is 1. The highest BCUT2D eigenvalue weighted by molar-refractivity contribution is 6.33. The summed E-state index contributed by atoms with van der Waals surface area (Å²) in [5.74, 6) is 1.54. The number of hydrogen-bond donors (Lipinski definition) is 0. The highest BCUT2D eigenvalue weighted by Crippen LogP contribution is 2.56. The number of fused-ring (bicyclic) bond motifs is 7. The Bertz CT molecular complexity index is 905. The van der Waals surface area contributed by atoms with Gasteiger partial charge in [0.15, 0.2) is 0 Å². The van der Waals surface area contributed by atoms with E-state index in [2.05, 4.69) is 42.1 Å². The third-order valence-electron chi connectivity index (χ3n) is 5.67. The van der Waals surface area contributed by atoms with Crippen molar-refractivity contribution in [2.75, 3.05) is 0 Å². The lowest BCUT2D eigenvalue weighted by atomic mass is 9.86. The highest BCUT2D eigenvalue weighted by atomic mass is 35.5. The minimum absolute atomic E-state index is 0.764. The molecule has 0 amide bonds. The Morgan fingerprint density at radius 3 is 2.73 bits per heavy atom. The number of halogens is 1. The van der Waals surface area contributed by atoms with E-state index >= 15 is 0 Å². The molecule has 1 aromatic heterocycles. The van der Waals surface area contributed by atoms with Crippen LogP contribution in [0.15, 0.2) is 42.6 Å². The van der Waals surface area contributed by atoms with Crippen LogP contribution in [0, 0.1) is 0 Å². The van der Waals surface area contributed by atoms with E-state index in [-0.39, 0.29) is 0 Å². The molecule has 2 aromatic carbocycles. The summed E-state index contributed by atoms with van der Waals surface area (Å²) in [6.07, 6.45) is 6.26. The summed E-state index contributed by atoms with van der Waals surface area (Å²) < 4.78 is 2.30. The number of nitrogens with zero attached hydrogens (tertiary/aromatic N) is 1. The zero-order valence-electron chi connectivity index (χ0n) is 12.6. The van der Waals surface area contributed by atoms with Crippen molar-refractivity contribution >= 4 is 22.5 Å². The fourth-order valence-corrected chi connectivity index (χ4v) is 4.96. The van der Waals surface area contributed by atoms with E-state index in [0.717, 1.165) is 22.4 Å². The molecule has 110 valence electrons. The monoisotopic (exact) mass is 307 g/mol. The molecule has 0 spiro atoms. The first-order valence-electron chi connectivity index (χ1n) is 8.11. The van der Waals surface area contributed by atoms with Crippen LogP contribution in [0.25, 0.3) is 22.0 Å². The first-order valence-corrected chi connectivity index (χ1v) is 8.48. The molecule has 0 N–H and O–H groups in total.